The Morgan fingerprint density at radius 3 is 2.69 bits per heavy atom. The summed E-state index contributed by atoms with van der Waals surface area (Å²) in [5.74, 6) is -0.172. The normalized spacial score (nSPS) is 14.5. The number of hydrogen-bond donors (Lipinski definition) is 0. The minimum atomic E-state index is -3.73. The zero-order chi connectivity index (χ0) is 18.9. The largest absolute Gasteiger partial charge is 0.334 e. The van der Waals surface area contributed by atoms with Gasteiger partial charge in [-0.1, -0.05) is 25.4 Å². The molecule has 1 aromatic carbocycles. The van der Waals surface area contributed by atoms with Gasteiger partial charge in [0.05, 0.1) is 5.02 Å². The minimum absolute atomic E-state index is 0.0121. The van der Waals surface area contributed by atoms with E-state index in [0.29, 0.717) is 31.7 Å². The van der Waals surface area contributed by atoms with E-state index in [1.165, 1.54) is 26.9 Å². The Bertz CT molecular complexity index is 920. The summed E-state index contributed by atoms with van der Waals surface area (Å²) in [6.45, 7) is 5.43. The molecule has 0 N–H and O–H groups in total. The Balaban J connectivity index is 1.91. The van der Waals surface area contributed by atoms with Gasteiger partial charge < -0.3 is 4.90 Å². The van der Waals surface area contributed by atoms with Crippen molar-refractivity contribution in [2.75, 3.05) is 19.6 Å². The van der Waals surface area contributed by atoms with Gasteiger partial charge in [0, 0.05) is 36.6 Å². The Morgan fingerprint density at radius 1 is 1.27 bits per heavy atom. The van der Waals surface area contributed by atoms with Crippen LogP contribution in [-0.4, -0.2) is 43.2 Å². The molecule has 8 heteroatoms. The van der Waals surface area contributed by atoms with E-state index in [9.17, 15) is 13.2 Å². The first-order chi connectivity index (χ1) is 12.4. The predicted octanol–water partition coefficient (Wildman–Crippen LogP) is 3.63. The number of carbonyl (C=O) groups excluding carboxylic acids is 1. The number of sulfonamides is 1. The van der Waals surface area contributed by atoms with E-state index in [0.717, 1.165) is 6.42 Å². The fraction of sp³-hybridized carbons (Fsp3) is 0.389. The van der Waals surface area contributed by atoms with Gasteiger partial charge in [-0.3, -0.25) is 4.79 Å². The van der Waals surface area contributed by atoms with E-state index in [1.807, 2.05) is 11.4 Å². The molecule has 0 saturated carbocycles. The molecule has 1 aliphatic rings. The quantitative estimate of drug-likeness (QED) is 0.753. The minimum Gasteiger partial charge on any atom is -0.334 e. The summed E-state index contributed by atoms with van der Waals surface area (Å²) in [5, 5.41) is 2.17. The maximum Gasteiger partial charge on any atom is 0.254 e. The second-order valence-electron chi connectivity index (χ2n) is 6.08. The molecule has 26 heavy (non-hydrogen) atoms. The summed E-state index contributed by atoms with van der Waals surface area (Å²) in [7, 11) is -3.73. The molecular weight excluding hydrogens is 392 g/mol. The molecule has 0 spiro atoms. The highest BCUT2D eigenvalue weighted by atomic mass is 35.5. The molecule has 2 aromatic rings. The van der Waals surface area contributed by atoms with Crippen LogP contribution in [0.5, 0.6) is 0 Å². The molecule has 0 bridgehead atoms. The van der Waals surface area contributed by atoms with Gasteiger partial charge in [0.15, 0.2) is 0 Å². The highest BCUT2D eigenvalue weighted by Crippen LogP contribution is 2.28. The Labute approximate surface area is 163 Å². The lowest BCUT2D eigenvalue weighted by molar-refractivity contribution is 0.0735. The fourth-order valence-corrected chi connectivity index (χ4v) is 5.99. The summed E-state index contributed by atoms with van der Waals surface area (Å²) in [6.07, 6.45) is 0.830. The number of fused-ring (bicyclic) bond motifs is 1. The summed E-state index contributed by atoms with van der Waals surface area (Å²) in [6, 6.07) is 6.53. The number of thiophene rings is 1. The lowest BCUT2D eigenvalue weighted by Crippen LogP contribution is -2.35. The van der Waals surface area contributed by atoms with Crippen LogP contribution in [0.3, 0.4) is 0 Å². The van der Waals surface area contributed by atoms with Gasteiger partial charge in [-0.2, -0.15) is 4.31 Å². The first-order valence-corrected chi connectivity index (χ1v) is 11.2. The van der Waals surface area contributed by atoms with Gasteiger partial charge in [0.1, 0.15) is 4.90 Å². The third-order valence-corrected chi connectivity index (χ3v) is 8.15. The number of benzene rings is 1. The number of carbonyl (C=O) groups is 1. The zero-order valence-corrected chi connectivity index (χ0v) is 17.1. The second-order valence-corrected chi connectivity index (χ2v) is 9.39. The van der Waals surface area contributed by atoms with Crippen molar-refractivity contribution in [3.8, 4) is 0 Å². The molecule has 1 aliphatic heterocycles. The Morgan fingerprint density at radius 2 is 2.00 bits per heavy atom. The molecule has 0 radical (unpaired) electrons. The van der Waals surface area contributed by atoms with Crippen LogP contribution in [0.15, 0.2) is 34.5 Å². The molecule has 2 heterocycles. The van der Waals surface area contributed by atoms with Crippen molar-refractivity contribution in [3.63, 3.8) is 0 Å². The first-order valence-electron chi connectivity index (χ1n) is 8.52. The number of halogens is 1. The molecule has 0 atom stereocenters. The maximum atomic E-state index is 12.9. The van der Waals surface area contributed by atoms with Crippen molar-refractivity contribution < 1.29 is 13.2 Å². The highest BCUT2D eigenvalue weighted by Gasteiger charge is 2.27. The van der Waals surface area contributed by atoms with Gasteiger partial charge in [-0.05, 0) is 41.6 Å². The van der Waals surface area contributed by atoms with Crippen LogP contribution >= 0.6 is 22.9 Å². The van der Waals surface area contributed by atoms with Crippen molar-refractivity contribution >= 4 is 38.9 Å². The number of hydrogen-bond acceptors (Lipinski definition) is 4. The lowest BCUT2D eigenvalue weighted by Gasteiger charge is -2.27. The molecule has 1 amide bonds. The van der Waals surface area contributed by atoms with Gasteiger partial charge in [0.25, 0.3) is 5.91 Å². The van der Waals surface area contributed by atoms with Crippen LogP contribution in [0.1, 0.15) is 34.6 Å². The van der Waals surface area contributed by atoms with E-state index in [2.05, 4.69) is 0 Å². The molecule has 1 aromatic heterocycles. The van der Waals surface area contributed by atoms with Crippen LogP contribution in [0.25, 0.3) is 0 Å². The SMILES string of the molecule is CCN(CC)S(=O)(=O)c1cc(C(=O)N2CCc3sccc3C2)ccc1Cl. The van der Waals surface area contributed by atoms with E-state index in [4.69, 9.17) is 11.6 Å². The zero-order valence-electron chi connectivity index (χ0n) is 14.7. The summed E-state index contributed by atoms with van der Waals surface area (Å²) in [5.41, 5.74) is 1.51. The van der Waals surface area contributed by atoms with Crippen molar-refractivity contribution in [1.29, 1.82) is 0 Å². The second kappa shape index (κ2) is 7.68. The molecule has 140 valence electrons. The average molecular weight is 413 g/mol. The molecular formula is C18H21ClN2O3S2. The molecule has 5 nitrogen and oxygen atoms in total. The number of nitrogens with zero attached hydrogens (tertiary/aromatic N) is 2. The lowest BCUT2D eigenvalue weighted by atomic mass is 10.1. The summed E-state index contributed by atoms with van der Waals surface area (Å²) < 4.78 is 27.0. The third kappa shape index (κ3) is 3.53. The van der Waals surface area contributed by atoms with E-state index < -0.39 is 10.0 Å². The van der Waals surface area contributed by atoms with Gasteiger partial charge >= 0.3 is 0 Å². The van der Waals surface area contributed by atoms with Crippen molar-refractivity contribution in [2.24, 2.45) is 0 Å². The van der Waals surface area contributed by atoms with Crippen LogP contribution in [0.4, 0.5) is 0 Å². The summed E-state index contributed by atoms with van der Waals surface area (Å²) in [4.78, 5) is 16.0. The van der Waals surface area contributed by atoms with E-state index in [-0.39, 0.29) is 15.8 Å². The maximum absolute atomic E-state index is 12.9. The van der Waals surface area contributed by atoms with E-state index in [1.54, 1.807) is 36.2 Å². The molecule has 0 unspecified atom stereocenters. The molecule has 0 saturated heterocycles. The first kappa shape index (κ1) is 19.4. The van der Waals surface area contributed by atoms with Crippen molar-refractivity contribution in [2.45, 2.75) is 31.7 Å². The fourth-order valence-electron chi connectivity index (χ4n) is 3.14. The van der Waals surface area contributed by atoms with Crippen LogP contribution in [-0.2, 0) is 23.0 Å². The van der Waals surface area contributed by atoms with Crippen LogP contribution in [0.2, 0.25) is 5.02 Å². The van der Waals surface area contributed by atoms with Crippen molar-refractivity contribution in [3.05, 3.63) is 50.7 Å². The van der Waals surface area contributed by atoms with Gasteiger partial charge in [0.2, 0.25) is 10.0 Å². The molecule has 0 fully saturated rings. The monoisotopic (exact) mass is 412 g/mol. The average Bonchev–Trinajstić information content (AvgIpc) is 3.09. The van der Waals surface area contributed by atoms with Crippen molar-refractivity contribution in [1.82, 2.24) is 9.21 Å². The standard InChI is InChI=1S/C18H21ClN2O3S2/c1-3-21(4-2)26(23,24)17-11-13(5-6-15(17)19)18(22)20-9-7-16-14(12-20)8-10-25-16/h5-6,8,10-11H,3-4,7,9,12H2,1-2H3. The van der Waals surface area contributed by atoms with Gasteiger partial charge in [-0.25, -0.2) is 8.42 Å². The van der Waals surface area contributed by atoms with Crippen LogP contribution in [0, 0.1) is 0 Å². The number of amides is 1. The van der Waals surface area contributed by atoms with E-state index >= 15 is 0 Å². The van der Waals surface area contributed by atoms with Gasteiger partial charge in [-0.15, -0.1) is 11.3 Å². The number of rotatable bonds is 5. The summed E-state index contributed by atoms with van der Waals surface area (Å²) >= 11 is 7.86. The predicted molar refractivity (Wildman–Crippen MR) is 104 cm³/mol. The Kier molecular flexibility index (Phi) is 5.72. The Hall–Kier alpha value is -1.41. The highest BCUT2D eigenvalue weighted by molar-refractivity contribution is 7.89. The smallest absolute Gasteiger partial charge is 0.254 e. The molecule has 0 aliphatic carbocycles. The van der Waals surface area contributed by atoms with Crippen LogP contribution < -0.4 is 0 Å². The topological polar surface area (TPSA) is 57.7 Å². The third-order valence-electron chi connectivity index (χ3n) is 4.60. The molecule has 3 rings (SSSR count).